The molecule has 2 amide bonds. The summed E-state index contributed by atoms with van der Waals surface area (Å²) in [6.45, 7) is 4.14. The minimum atomic E-state index is -4.68. The number of benzene rings is 3. The van der Waals surface area contributed by atoms with Crippen molar-refractivity contribution >= 4 is 23.2 Å². The molecule has 0 aliphatic carbocycles. The van der Waals surface area contributed by atoms with E-state index >= 15 is 0 Å². The summed E-state index contributed by atoms with van der Waals surface area (Å²) in [7, 11) is 0. The Morgan fingerprint density at radius 1 is 0.951 bits per heavy atom. The highest BCUT2D eigenvalue weighted by Crippen LogP contribution is 2.32. The van der Waals surface area contributed by atoms with Crippen LogP contribution in [0.5, 0.6) is 0 Å². The van der Waals surface area contributed by atoms with E-state index in [9.17, 15) is 22.8 Å². The first-order chi connectivity index (χ1) is 19.7. The quantitative estimate of drug-likeness (QED) is 0.303. The number of hydrogen-bond donors (Lipinski definition) is 1. The third-order valence-corrected chi connectivity index (χ3v) is 6.77. The predicted octanol–water partition coefficient (Wildman–Crippen LogP) is 6.22. The Kier molecular flexibility index (Phi) is 8.14. The maximum atomic E-state index is 13.9. The first-order valence-corrected chi connectivity index (χ1v) is 13.0. The Morgan fingerprint density at radius 3 is 2.34 bits per heavy atom. The lowest BCUT2D eigenvalue weighted by Crippen LogP contribution is -2.52. The van der Waals surface area contributed by atoms with E-state index in [1.54, 1.807) is 35.3 Å². The normalized spacial score (nSPS) is 14.0. The molecule has 4 aromatic rings. The Hall–Kier alpha value is -4.54. The third kappa shape index (κ3) is 6.29. The van der Waals surface area contributed by atoms with Crippen LogP contribution < -0.4 is 10.3 Å². The largest absolute Gasteiger partial charge is 0.417 e. The minimum absolute atomic E-state index is 0.180. The predicted molar refractivity (Wildman–Crippen MR) is 149 cm³/mol. The van der Waals surface area contributed by atoms with Gasteiger partial charge < -0.3 is 10.1 Å². The van der Waals surface area contributed by atoms with Gasteiger partial charge in [-0.25, -0.2) is 10.0 Å². The Bertz CT molecular complexity index is 1540. The molecule has 1 saturated heterocycles. The summed E-state index contributed by atoms with van der Waals surface area (Å²) >= 11 is 0. The topological polar surface area (TPSA) is 74.8 Å². The van der Waals surface area contributed by atoms with Crippen LogP contribution in [0.3, 0.4) is 0 Å². The third-order valence-electron chi connectivity index (χ3n) is 6.77. The Morgan fingerprint density at radius 2 is 1.66 bits per heavy atom. The van der Waals surface area contributed by atoms with Crippen LogP contribution in [0.2, 0.25) is 0 Å². The van der Waals surface area contributed by atoms with Crippen LogP contribution in [-0.2, 0) is 10.9 Å². The number of nitrogens with zero attached hydrogens (tertiary/aromatic N) is 3. The number of rotatable bonds is 6. The number of para-hydroxylation sites is 1. The van der Waals surface area contributed by atoms with Gasteiger partial charge in [-0.3, -0.25) is 14.6 Å². The average molecular weight is 561 g/mol. The van der Waals surface area contributed by atoms with E-state index in [0.29, 0.717) is 37.6 Å². The number of carbonyl (C=O) groups is 2. The molecule has 0 spiro atoms. The van der Waals surface area contributed by atoms with Crippen molar-refractivity contribution in [2.24, 2.45) is 0 Å². The van der Waals surface area contributed by atoms with E-state index in [0.717, 1.165) is 40.8 Å². The van der Waals surface area contributed by atoms with Gasteiger partial charge in [0.25, 0.3) is 11.8 Å². The molecule has 7 nitrogen and oxygen atoms in total. The smallest absolute Gasteiger partial charge is 0.379 e. The number of nitrogens with one attached hydrogen (secondary N) is 1. The zero-order valence-corrected chi connectivity index (χ0v) is 22.2. The molecule has 1 aromatic heterocycles. The zero-order valence-electron chi connectivity index (χ0n) is 22.2. The number of anilines is 2. The second-order valence-electron chi connectivity index (χ2n) is 9.50. The van der Waals surface area contributed by atoms with Crippen LogP contribution in [-0.4, -0.2) is 48.1 Å². The molecule has 0 saturated carbocycles. The van der Waals surface area contributed by atoms with Crippen LogP contribution in [0.25, 0.3) is 11.1 Å². The number of aromatic nitrogens is 1. The number of ether oxygens (including phenoxy) is 1. The fraction of sp³-hybridized carbons (Fsp3) is 0.194. The SMILES string of the molecule is Cc1ccc(C(=O)N(c2ccccc2)N2CCOCC2)cc1-c1ccc(NC(=O)c2cnccc2C(F)(F)F)cc1. The van der Waals surface area contributed by atoms with Crippen LogP contribution in [0, 0.1) is 6.92 Å². The summed E-state index contributed by atoms with van der Waals surface area (Å²) in [5.74, 6) is -1.09. The van der Waals surface area contributed by atoms with E-state index in [1.165, 1.54) is 0 Å². The van der Waals surface area contributed by atoms with E-state index in [1.807, 2.05) is 54.4 Å². The second kappa shape index (κ2) is 11.9. The molecule has 1 aliphatic rings. The molecule has 0 atom stereocenters. The van der Waals surface area contributed by atoms with Gasteiger partial charge in [-0.1, -0.05) is 36.4 Å². The molecule has 0 unspecified atom stereocenters. The molecule has 1 aliphatic heterocycles. The molecule has 10 heteroatoms. The molecule has 1 N–H and O–H groups in total. The molecule has 210 valence electrons. The van der Waals surface area contributed by atoms with E-state index in [2.05, 4.69) is 10.3 Å². The summed E-state index contributed by atoms with van der Waals surface area (Å²) in [5.41, 5.74) is 2.48. The summed E-state index contributed by atoms with van der Waals surface area (Å²) in [5, 5.41) is 6.17. The fourth-order valence-corrected chi connectivity index (χ4v) is 4.67. The zero-order chi connectivity index (χ0) is 29.0. The lowest BCUT2D eigenvalue weighted by molar-refractivity contribution is -0.138. The molecule has 5 rings (SSSR count). The van der Waals surface area contributed by atoms with Gasteiger partial charge in [-0.2, -0.15) is 13.2 Å². The van der Waals surface area contributed by atoms with E-state index in [-0.39, 0.29) is 5.91 Å². The van der Waals surface area contributed by atoms with Crippen molar-refractivity contribution in [1.29, 1.82) is 0 Å². The van der Waals surface area contributed by atoms with Gasteiger partial charge >= 0.3 is 6.18 Å². The maximum Gasteiger partial charge on any atom is 0.417 e. The minimum Gasteiger partial charge on any atom is -0.379 e. The van der Waals surface area contributed by atoms with Crippen molar-refractivity contribution in [2.45, 2.75) is 13.1 Å². The van der Waals surface area contributed by atoms with Crippen molar-refractivity contribution in [3.8, 4) is 11.1 Å². The molecule has 3 aromatic carbocycles. The van der Waals surface area contributed by atoms with Gasteiger partial charge in [0.15, 0.2) is 0 Å². The lowest BCUT2D eigenvalue weighted by Gasteiger charge is -2.37. The second-order valence-corrected chi connectivity index (χ2v) is 9.50. The van der Waals surface area contributed by atoms with Crippen LogP contribution in [0.4, 0.5) is 24.5 Å². The number of morpholine rings is 1. The molecular weight excluding hydrogens is 533 g/mol. The molecular formula is C31H27F3N4O3. The highest BCUT2D eigenvalue weighted by atomic mass is 19.4. The number of alkyl halides is 3. The molecule has 0 bridgehead atoms. The number of hydrogen-bond acceptors (Lipinski definition) is 5. The van der Waals surface area contributed by atoms with Gasteiger partial charge in [0.2, 0.25) is 0 Å². The van der Waals surface area contributed by atoms with Crippen molar-refractivity contribution < 1.29 is 27.5 Å². The monoisotopic (exact) mass is 560 g/mol. The van der Waals surface area contributed by atoms with Crippen LogP contribution >= 0.6 is 0 Å². The average Bonchev–Trinajstić information content (AvgIpc) is 2.98. The van der Waals surface area contributed by atoms with E-state index in [4.69, 9.17) is 4.74 Å². The summed E-state index contributed by atoms with van der Waals surface area (Å²) in [4.78, 5) is 30.1. The van der Waals surface area contributed by atoms with Crippen molar-refractivity contribution in [3.05, 3.63) is 114 Å². The van der Waals surface area contributed by atoms with Gasteiger partial charge in [0.05, 0.1) is 30.0 Å². The van der Waals surface area contributed by atoms with Crippen molar-refractivity contribution in [1.82, 2.24) is 9.99 Å². The van der Waals surface area contributed by atoms with Gasteiger partial charge in [-0.15, -0.1) is 0 Å². The summed E-state index contributed by atoms with van der Waals surface area (Å²) in [6, 6.07) is 22.4. The number of hydrazine groups is 1. The highest BCUT2D eigenvalue weighted by Gasteiger charge is 2.35. The van der Waals surface area contributed by atoms with Crippen LogP contribution in [0.1, 0.15) is 31.8 Å². The summed E-state index contributed by atoms with van der Waals surface area (Å²) < 4.78 is 45.5. The number of amides is 2. The number of carbonyl (C=O) groups excluding carboxylic acids is 2. The maximum absolute atomic E-state index is 13.9. The number of aryl methyl sites for hydroxylation is 1. The van der Waals surface area contributed by atoms with Gasteiger partial charge in [0, 0.05) is 36.7 Å². The first kappa shape index (κ1) is 28.0. The fourth-order valence-electron chi connectivity index (χ4n) is 4.67. The standard InChI is InChI=1S/C31H27F3N4O3/c1-21-7-8-23(30(40)38(25-5-3-2-4-6-25)37-15-17-41-18-16-37)19-26(21)22-9-11-24(12-10-22)36-29(39)27-20-35-14-13-28(27)31(32,33)34/h2-14,19-20H,15-18H2,1H3,(H,36,39). The first-order valence-electron chi connectivity index (χ1n) is 13.0. The van der Waals surface area contributed by atoms with Crippen molar-refractivity contribution in [2.75, 3.05) is 36.6 Å². The molecule has 41 heavy (non-hydrogen) atoms. The van der Waals surface area contributed by atoms with Crippen molar-refractivity contribution in [3.63, 3.8) is 0 Å². The molecule has 0 radical (unpaired) electrons. The Labute approximate surface area is 235 Å². The lowest BCUT2D eigenvalue weighted by atomic mass is 9.97. The molecule has 1 fully saturated rings. The van der Waals surface area contributed by atoms with E-state index < -0.39 is 23.2 Å². The highest BCUT2D eigenvalue weighted by molar-refractivity contribution is 6.07. The van der Waals surface area contributed by atoms with Gasteiger partial charge in [0.1, 0.15) is 0 Å². The van der Waals surface area contributed by atoms with Gasteiger partial charge in [-0.05, 0) is 66.1 Å². The van der Waals surface area contributed by atoms with Crippen LogP contribution in [0.15, 0.2) is 91.3 Å². The Balaban J connectivity index is 1.39. The molecule has 2 heterocycles. The number of halogens is 3. The number of pyridine rings is 1. The summed E-state index contributed by atoms with van der Waals surface area (Å²) in [6.07, 6.45) is -2.79.